The minimum atomic E-state index is -0.123. The zero-order chi connectivity index (χ0) is 16.7. The number of pyridine rings is 1. The molecule has 5 heteroatoms. The first-order valence-corrected chi connectivity index (χ1v) is 8.21. The number of amides is 1. The van der Waals surface area contributed by atoms with Crippen LogP contribution in [-0.2, 0) is 0 Å². The standard InChI is InChI=1S/C18H22ClN3O/c1-3-22(4-2)17(15-9-5-6-10-16(15)19)13-21-18(23)14-8-7-11-20-12-14/h5-12,17H,3-4,13H2,1-2H3,(H,21,23). The van der Waals surface area contributed by atoms with Gasteiger partial charge in [-0.25, -0.2) is 0 Å². The van der Waals surface area contributed by atoms with Gasteiger partial charge in [0.25, 0.3) is 5.91 Å². The van der Waals surface area contributed by atoms with Crippen LogP contribution in [0.4, 0.5) is 0 Å². The van der Waals surface area contributed by atoms with Gasteiger partial charge >= 0.3 is 0 Å². The maximum absolute atomic E-state index is 12.3. The fourth-order valence-corrected chi connectivity index (χ4v) is 2.90. The summed E-state index contributed by atoms with van der Waals surface area (Å²) in [7, 11) is 0. The van der Waals surface area contributed by atoms with E-state index in [1.165, 1.54) is 0 Å². The Hall–Kier alpha value is -1.91. The van der Waals surface area contributed by atoms with Crippen LogP contribution in [0.2, 0.25) is 5.02 Å². The third-order valence-electron chi connectivity index (χ3n) is 3.90. The van der Waals surface area contributed by atoms with Crippen molar-refractivity contribution in [3.63, 3.8) is 0 Å². The fourth-order valence-electron chi connectivity index (χ4n) is 2.63. The Labute approximate surface area is 142 Å². The molecule has 0 radical (unpaired) electrons. The highest BCUT2D eigenvalue weighted by Crippen LogP contribution is 2.27. The number of aromatic nitrogens is 1. The van der Waals surface area contributed by atoms with Crippen molar-refractivity contribution in [3.8, 4) is 0 Å². The second-order valence-electron chi connectivity index (χ2n) is 5.21. The summed E-state index contributed by atoms with van der Waals surface area (Å²) in [6.45, 7) is 6.48. The third kappa shape index (κ3) is 4.53. The number of nitrogens with one attached hydrogen (secondary N) is 1. The molecule has 1 aromatic heterocycles. The first kappa shape index (κ1) is 17.4. The van der Waals surface area contributed by atoms with Crippen LogP contribution in [0.5, 0.6) is 0 Å². The molecule has 4 nitrogen and oxygen atoms in total. The van der Waals surface area contributed by atoms with Crippen molar-refractivity contribution >= 4 is 17.5 Å². The van der Waals surface area contributed by atoms with Crippen LogP contribution in [0.3, 0.4) is 0 Å². The zero-order valence-corrected chi connectivity index (χ0v) is 14.3. The van der Waals surface area contributed by atoms with Crippen molar-refractivity contribution in [1.29, 1.82) is 0 Å². The summed E-state index contributed by atoms with van der Waals surface area (Å²) in [5.74, 6) is -0.123. The summed E-state index contributed by atoms with van der Waals surface area (Å²) in [5, 5.41) is 3.72. The molecule has 1 amide bonds. The molecule has 1 unspecified atom stereocenters. The average Bonchev–Trinajstić information content (AvgIpc) is 2.60. The Morgan fingerprint density at radius 1 is 1.22 bits per heavy atom. The Morgan fingerprint density at radius 3 is 2.57 bits per heavy atom. The molecule has 23 heavy (non-hydrogen) atoms. The van der Waals surface area contributed by atoms with Gasteiger partial charge in [-0.05, 0) is 36.9 Å². The van der Waals surface area contributed by atoms with Crippen LogP contribution in [-0.4, -0.2) is 35.4 Å². The zero-order valence-electron chi connectivity index (χ0n) is 13.5. The van der Waals surface area contributed by atoms with Crippen LogP contribution in [0.15, 0.2) is 48.8 Å². The first-order valence-electron chi connectivity index (χ1n) is 7.84. The number of benzene rings is 1. The second kappa shape index (κ2) is 8.65. The van der Waals surface area contributed by atoms with E-state index in [0.717, 1.165) is 23.7 Å². The molecule has 0 fully saturated rings. The lowest BCUT2D eigenvalue weighted by Crippen LogP contribution is -2.38. The number of nitrogens with zero attached hydrogens (tertiary/aromatic N) is 2. The van der Waals surface area contributed by atoms with E-state index in [1.807, 2.05) is 24.3 Å². The number of rotatable bonds is 7. The summed E-state index contributed by atoms with van der Waals surface area (Å²) in [6, 6.07) is 11.3. The van der Waals surface area contributed by atoms with Gasteiger partial charge in [-0.1, -0.05) is 43.6 Å². The topological polar surface area (TPSA) is 45.2 Å². The summed E-state index contributed by atoms with van der Waals surface area (Å²) in [4.78, 5) is 18.5. The number of carbonyl (C=O) groups excluding carboxylic acids is 1. The van der Waals surface area contributed by atoms with Crippen LogP contribution < -0.4 is 5.32 Å². The highest BCUT2D eigenvalue weighted by Gasteiger charge is 2.21. The van der Waals surface area contributed by atoms with Crippen molar-refractivity contribution < 1.29 is 4.79 Å². The lowest BCUT2D eigenvalue weighted by atomic mass is 10.0. The van der Waals surface area contributed by atoms with Gasteiger partial charge in [-0.3, -0.25) is 14.7 Å². The normalized spacial score (nSPS) is 12.2. The predicted molar refractivity (Wildman–Crippen MR) is 93.7 cm³/mol. The highest BCUT2D eigenvalue weighted by atomic mass is 35.5. The lowest BCUT2D eigenvalue weighted by Gasteiger charge is -2.30. The number of carbonyl (C=O) groups is 1. The Balaban J connectivity index is 2.15. The van der Waals surface area contributed by atoms with Gasteiger partial charge < -0.3 is 5.32 Å². The minimum absolute atomic E-state index is 0.0410. The number of likely N-dealkylation sites (N-methyl/N-ethyl adjacent to an activating group) is 1. The van der Waals surface area contributed by atoms with Gasteiger partial charge in [0.15, 0.2) is 0 Å². The van der Waals surface area contributed by atoms with Gasteiger partial charge in [0.05, 0.1) is 11.6 Å². The number of halogens is 1. The van der Waals surface area contributed by atoms with Crippen molar-refractivity contribution in [2.75, 3.05) is 19.6 Å². The van der Waals surface area contributed by atoms with Crippen LogP contribution in [0.1, 0.15) is 35.8 Å². The van der Waals surface area contributed by atoms with Crippen molar-refractivity contribution in [1.82, 2.24) is 15.2 Å². The van der Waals surface area contributed by atoms with E-state index in [4.69, 9.17) is 11.6 Å². The molecule has 0 saturated heterocycles. The molecule has 122 valence electrons. The Bertz CT molecular complexity index is 629. The maximum Gasteiger partial charge on any atom is 0.252 e. The van der Waals surface area contributed by atoms with E-state index in [1.54, 1.807) is 24.5 Å². The first-order chi connectivity index (χ1) is 11.2. The van der Waals surface area contributed by atoms with E-state index < -0.39 is 0 Å². The summed E-state index contributed by atoms with van der Waals surface area (Å²) >= 11 is 6.36. The second-order valence-corrected chi connectivity index (χ2v) is 5.62. The Kier molecular flexibility index (Phi) is 6.56. The minimum Gasteiger partial charge on any atom is -0.350 e. The van der Waals surface area contributed by atoms with Crippen LogP contribution in [0, 0.1) is 0 Å². The smallest absolute Gasteiger partial charge is 0.252 e. The van der Waals surface area contributed by atoms with Gasteiger partial charge in [-0.15, -0.1) is 0 Å². The molecule has 2 rings (SSSR count). The molecular formula is C18H22ClN3O. The molecule has 1 aromatic carbocycles. The summed E-state index contributed by atoms with van der Waals surface area (Å²) in [6.07, 6.45) is 3.22. The molecule has 1 N–H and O–H groups in total. The molecule has 1 heterocycles. The molecule has 0 bridgehead atoms. The van der Waals surface area contributed by atoms with Crippen LogP contribution >= 0.6 is 11.6 Å². The Morgan fingerprint density at radius 2 is 1.96 bits per heavy atom. The monoisotopic (exact) mass is 331 g/mol. The molecule has 0 spiro atoms. The lowest BCUT2D eigenvalue weighted by molar-refractivity contribution is 0.0934. The van der Waals surface area contributed by atoms with E-state index in [0.29, 0.717) is 12.1 Å². The van der Waals surface area contributed by atoms with Gasteiger partial charge in [0.2, 0.25) is 0 Å². The van der Waals surface area contributed by atoms with Gasteiger partial charge in [0, 0.05) is 24.0 Å². The van der Waals surface area contributed by atoms with E-state index in [9.17, 15) is 4.79 Å². The SMILES string of the molecule is CCN(CC)C(CNC(=O)c1cccnc1)c1ccccc1Cl. The third-order valence-corrected chi connectivity index (χ3v) is 4.24. The van der Waals surface area contributed by atoms with E-state index >= 15 is 0 Å². The quantitative estimate of drug-likeness (QED) is 0.844. The van der Waals surface area contributed by atoms with Crippen molar-refractivity contribution in [2.24, 2.45) is 0 Å². The summed E-state index contributed by atoms with van der Waals surface area (Å²) < 4.78 is 0. The van der Waals surface area contributed by atoms with Crippen LogP contribution in [0.25, 0.3) is 0 Å². The maximum atomic E-state index is 12.3. The molecule has 0 aliphatic rings. The number of hydrogen-bond donors (Lipinski definition) is 1. The van der Waals surface area contributed by atoms with E-state index in [2.05, 4.69) is 29.0 Å². The molecular weight excluding hydrogens is 310 g/mol. The highest BCUT2D eigenvalue weighted by molar-refractivity contribution is 6.31. The average molecular weight is 332 g/mol. The molecule has 0 aliphatic carbocycles. The van der Waals surface area contributed by atoms with E-state index in [-0.39, 0.29) is 11.9 Å². The van der Waals surface area contributed by atoms with Gasteiger partial charge in [-0.2, -0.15) is 0 Å². The fraction of sp³-hybridized carbons (Fsp3) is 0.333. The summed E-state index contributed by atoms with van der Waals surface area (Å²) in [5.41, 5.74) is 1.59. The molecule has 1 atom stereocenters. The molecule has 0 aliphatic heterocycles. The molecule has 0 saturated carbocycles. The number of hydrogen-bond acceptors (Lipinski definition) is 3. The predicted octanol–water partition coefficient (Wildman–Crippen LogP) is 3.55. The van der Waals surface area contributed by atoms with Gasteiger partial charge in [0.1, 0.15) is 0 Å². The largest absolute Gasteiger partial charge is 0.350 e. The van der Waals surface area contributed by atoms with Crippen molar-refractivity contribution in [3.05, 3.63) is 64.9 Å². The van der Waals surface area contributed by atoms with Crippen molar-refractivity contribution in [2.45, 2.75) is 19.9 Å². The molecule has 2 aromatic rings.